The van der Waals surface area contributed by atoms with Crippen molar-refractivity contribution in [2.75, 3.05) is 0 Å². The predicted octanol–water partition coefficient (Wildman–Crippen LogP) is 3.46. The molecule has 2 N–H and O–H groups in total. The molecular weight excluding hydrogens is 220 g/mol. The molecule has 1 saturated carbocycles. The van der Waals surface area contributed by atoms with Crippen molar-refractivity contribution in [3.63, 3.8) is 0 Å². The van der Waals surface area contributed by atoms with Crippen molar-refractivity contribution in [3.05, 3.63) is 0 Å². The minimum Gasteiger partial charge on any atom is -0.311 e. The van der Waals surface area contributed by atoms with Gasteiger partial charge in [-0.1, -0.05) is 13.8 Å². The van der Waals surface area contributed by atoms with Crippen molar-refractivity contribution in [2.45, 2.75) is 96.8 Å². The Morgan fingerprint density at radius 3 is 1.83 bits per heavy atom. The molecule has 0 amide bonds. The van der Waals surface area contributed by atoms with Crippen molar-refractivity contribution in [2.24, 2.45) is 5.41 Å². The number of rotatable bonds is 2. The number of hydrogen-bond donors (Lipinski definition) is 2. The second kappa shape index (κ2) is 4.49. The summed E-state index contributed by atoms with van der Waals surface area (Å²) in [6, 6.07) is 1.42. The Balaban J connectivity index is 1.93. The van der Waals surface area contributed by atoms with Crippen molar-refractivity contribution < 1.29 is 0 Å². The van der Waals surface area contributed by atoms with Gasteiger partial charge in [-0.05, 0) is 65.2 Å². The van der Waals surface area contributed by atoms with Gasteiger partial charge in [-0.15, -0.1) is 0 Å². The van der Waals surface area contributed by atoms with Crippen LogP contribution in [0.1, 0.15) is 73.6 Å². The third-order valence-electron chi connectivity index (χ3n) is 4.63. The van der Waals surface area contributed by atoms with Crippen LogP contribution in [0.4, 0.5) is 0 Å². The zero-order valence-electron chi connectivity index (χ0n) is 13.2. The molecule has 0 bridgehead atoms. The molecule has 0 aromatic rings. The third-order valence-corrected chi connectivity index (χ3v) is 4.63. The van der Waals surface area contributed by atoms with Gasteiger partial charge in [-0.25, -0.2) is 0 Å². The minimum atomic E-state index is 0.257. The van der Waals surface area contributed by atoms with Crippen LogP contribution < -0.4 is 10.6 Å². The fraction of sp³-hybridized carbons (Fsp3) is 1.00. The van der Waals surface area contributed by atoms with E-state index in [2.05, 4.69) is 52.2 Å². The van der Waals surface area contributed by atoms with Gasteiger partial charge >= 0.3 is 0 Å². The smallest absolute Gasteiger partial charge is 0.0144 e. The Kier molecular flexibility index (Phi) is 3.57. The highest BCUT2D eigenvalue weighted by Gasteiger charge is 2.39. The molecule has 1 saturated heterocycles. The van der Waals surface area contributed by atoms with Crippen LogP contribution in [0.5, 0.6) is 0 Å². The van der Waals surface area contributed by atoms with Crippen molar-refractivity contribution in [1.29, 1.82) is 0 Å². The van der Waals surface area contributed by atoms with E-state index in [9.17, 15) is 0 Å². The molecule has 0 radical (unpaired) electrons. The van der Waals surface area contributed by atoms with E-state index in [0.717, 1.165) is 6.04 Å². The number of nitrogens with one attached hydrogen (secondary N) is 2. The summed E-state index contributed by atoms with van der Waals surface area (Å²) in [6.07, 6.45) is 6.57. The normalized spacial score (nSPS) is 34.7. The van der Waals surface area contributed by atoms with E-state index in [4.69, 9.17) is 0 Å². The molecular formula is C16H32N2. The summed E-state index contributed by atoms with van der Waals surface area (Å²) < 4.78 is 0. The van der Waals surface area contributed by atoms with Gasteiger partial charge < -0.3 is 10.6 Å². The highest BCUT2D eigenvalue weighted by Crippen LogP contribution is 2.38. The largest absolute Gasteiger partial charge is 0.311 e. The van der Waals surface area contributed by atoms with Gasteiger partial charge in [0.2, 0.25) is 0 Å². The van der Waals surface area contributed by atoms with E-state index >= 15 is 0 Å². The minimum absolute atomic E-state index is 0.257. The molecule has 2 nitrogen and oxygen atoms in total. The Hall–Kier alpha value is -0.0800. The van der Waals surface area contributed by atoms with Gasteiger partial charge in [0.05, 0.1) is 0 Å². The van der Waals surface area contributed by atoms with Crippen LogP contribution >= 0.6 is 0 Å². The molecule has 0 spiro atoms. The predicted molar refractivity (Wildman–Crippen MR) is 78.9 cm³/mol. The van der Waals surface area contributed by atoms with E-state index in [1.54, 1.807) is 0 Å². The molecule has 1 heterocycles. The molecule has 0 aromatic carbocycles. The van der Waals surface area contributed by atoms with Crippen LogP contribution in [0, 0.1) is 5.41 Å². The lowest BCUT2D eigenvalue weighted by atomic mass is 9.79. The third kappa shape index (κ3) is 3.71. The second-order valence-electron chi connectivity index (χ2n) is 8.77. The van der Waals surface area contributed by atoms with E-state index in [1.165, 1.54) is 32.1 Å². The van der Waals surface area contributed by atoms with E-state index in [1.807, 2.05) is 0 Å². The summed E-state index contributed by atoms with van der Waals surface area (Å²) in [7, 11) is 0. The van der Waals surface area contributed by atoms with Crippen molar-refractivity contribution >= 4 is 0 Å². The first-order valence-electron chi connectivity index (χ1n) is 7.62. The summed E-state index contributed by atoms with van der Waals surface area (Å²) in [5, 5.41) is 7.71. The van der Waals surface area contributed by atoms with Crippen LogP contribution in [0.15, 0.2) is 0 Å². The fourth-order valence-electron chi connectivity index (χ4n) is 4.35. The maximum atomic E-state index is 3.94. The van der Waals surface area contributed by atoms with Crippen LogP contribution in [0.25, 0.3) is 0 Å². The first kappa shape index (κ1) is 14.3. The topological polar surface area (TPSA) is 24.1 Å². The monoisotopic (exact) mass is 252 g/mol. The zero-order valence-corrected chi connectivity index (χ0v) is 13.2. The molecule has 106 valence electrons. The molecule has 1 unspecified atom stereocenters. The summed E-state index contributed by atoms with van der Waals surface area (Å²) in [6.45, 7) is 14.2. The van der Waals surface area contributed by atoms with E-state index in [0.29, 0.717) is 11.5 Å². The standard InChI is InChI=1S/C16H32N2/c1-14(2)8-7-12(9-14)17-13-10-15(3,4)18-16(5,6)11-13/h12-13,17-18H,7-11H2,1-6H3. The maximum absolute atomic E-state index is 3.94. The summed E-state index contributed by atoms with van der Waals surface area (Å²) >= 11 is 0. The zero-order chi connectivity index (χ0) is 13.6. The van der Waals surface area contributed by atoms with Crippen LogP contribution in [0.3, 0.4) is 0 Å². The quantitative estimate of drug-likeness (QED) is 0.786. The van der Waals surface area contributed by atoms with Crippen molar-refractivity contribution in [3.8, 4) is 0 Å². The van der Waals surface area contributed by atoms with Gasteiger partial charge in [0.1, 0.15) is 0 Å². The summed E-state index contributed by atoms with van der Waals surface area (Å²) in [4.78, 5) is 0. The Morgan fingerprint density at radius 1 is 0.833 bits per heavy atom. The van der Waals surface area contributed by atoms with Gasteiger partial charge in [0.25, 0.3) is 0 Å². The molecule has 1 atom stereocenters. The molecule has 2 fully saturated rings. The number of hydrogen-bond acceptors (Lipinski definition) is 2. The van der Waals surface area contributed by atoms with Gasteiger partial charge in [0.15, 0.2) is 0 Å². The van der Waals surface area contributed by atoms with Crippen LogP contribution in [0.2, 0.25) is 0 Å². The molecule has 0 aromatic heterocycles. The van der Waals surface area contributed by atoms with E-state index < -0.39 is 0 Å². The summed E-state index contributed by atoms with van der Waals surface area (Å²) in [5.41, 5.74) is 1.07. The highest BCUT2D eigenvalue weighted by atomic mass is 15.1. The second-order valence-corrected chi connectivity index (χ2v) is 8.77. The molecule has 2 rings (SSSR count). The molecule has 1 aliphatic heterocycles. The first-order valence-corrected chi connectivity index (χ1v) is 7.62. The average Bonchev–Trinajstić information content (AvgIpc) is 2.38. The average molecular weight is 252 g/mol. The Labute approximate surface area is 113 Å². The molecule has 18 heavy (non-hydrogen) atoms. The molecule has 2 heteroatoms. The lowest BCUT2D eigenvalue weighted by Gasteiger charge is -2.47. The van der Waals surface area contributed by atoms with Gasteiger partial charge in [-0.2, -0.15) is 0 Å². The maximum Gasteiger partial charge on any atom is 0.0144 e. The Morgan fingerprint density at radius 2 is 1.39 bits per heavy atom. The first-order chi connectivity index (χ1) is 8.07. The lowest BCUT2D eigenvalue weighted by molar-refractivity contribution is 0.139. The van der Waals surface area contributed by atoms with Crippen LogP contribution in [-0.2, 0) is 0 Å². The summed E-state index contributed by atoms with van der Waals surface area (Å²) in [5.74, 6) is 0. The number of piperidine rings is 1. The van der Waals surface area contributed by atoms with Gasteiger partial charge in [0, 0.05) is 23.2 Å². The fourth-order valence-corrected chi connectivity index (χ4v) is 4.35. The van der Waals surface area contributed by atoms with E-state index in [-0.39, 0.29) is 11.1 Å². The molecule has 2 aliphatic rings. The lowest BCUT2D eigenvalue weighted by Crippen LogP contribution is -2.62. The van der Waals surface area contributed by atoms with Crippen molar-refractivity contribution in [1.82, 2.24) is 10.6 Å². The molecule has 1 aliphatic carbocycles. The van der Waals surface area contributed by atoms with Crippen LogP contribution in [-0.4, -0.2) is 23.2 Å². The Bertz CT molecular complexity index is 288. The SMILES string of the molecule is CC1(C)CCC(NC2CC(C)(C)NC(C)(C)C2)C1. The van der Waals surface area contributed by atoms with Gasteiger partial charge in [-0.3, -0.25) is 0 Å². The highest BCUT2D eigenvalue weighted by molar-refractivity contribution is 5.01.